The SMILES string of the molecule is CCCCCCCCC(CCCCCCCC)OC(=O)CCCCCCC(C)C. The lowest BCUT2D eigenvalue weighted by atomic mass is 10.0. The van der Waals surface area contributed by atoms with E-state index in [1.807, 2.05) is 0 Å². The maximum atomic E-state index is 12.3. The molecule has 0 aromatic rings. The lowest BCUT2D eigenvalue weighted by molar-refractivity contribution is -0.150. The van der Waals surface area contributed by atoms with Crippen LogP contribution in [0, 0.1) is 5.92 Å². The van der Waals surface area contributed by atoms with E-state index >= 15 is 0 Å². The highest BCUT2D eigenvalue weighted by molar-refractivity contribution is 5.69. The van der Waals surface area contributed by atoms with Crippen LogP contribution < -0.4 is 0 Å². The van der Waals surface area contributed by atoms with Crippen LogP contribution in [0.4, 0.5) is 0 Å². The highest BCUT2D eigenvalue weighted by Crippen LogP contribution is 2.18. The Morgan fingerprint density at radius 1 is 0.586 bits per heavy atom. The smallest absolute Gasteiger partial charge is 0.306 e. The molecule has 174 valence electrons. The lowest BCUT2D eigenvalue weighted by Gasteiger charge is -2.18. The summed E-state index contributed by atoms with van der Waals surface area (Å²) in [6.07, 6.45) is 24.7. The van der Waals surface area contributed by atoms with Crippen LogP contribution in [0.25, 0.3) is 0 Å². The van der Waals surface area contributed by atoms with Crippen LogP contribution in [0.15, 0.2) is 0 Å². The third-order valence-electron chi connectivity index (χ3n) is 5.97. The van der Waals surface area contributed by atoms with Crippen molar-refractivity contribution < 1.29 is 9.53 Å². The summed E-state index contributed by atoms with van der Waals surface area (Å²) < 4.78 is 5.91. The molecule has 0 N–H and O–H groups in total. The van der Waals surface area contributed by atoms with Gasteiger partial charge in [0.25, 0.3) is 0 Å². The summed E-state index contributed by atoms with van der Waals surface area (Å²) in [7, 11) is 0. The highest BCUT2D eigenvalue weighted by Gasteiger charge is 2.14. The van der Waals surface area contributed by atoms with Crippen molar-refractivity contribution in [2.75, 3.05) is 0 Å². The van der Waals surface area contributed by atoms with Gasteiger partial charge in [0.15, 0.2) is 0 Å². The third-order valence-corrected chi connectivity index (χ3v) is 5.97. The van der Waals surface area contributed by atoms with E-state index in [1.54, 1.807) is 0 Å². The van der Waals surface area contributed by atoms with Gasteiger partial charge in [0, 0.05) is 6.42 Å². The van der Waals surface area contributed by atoms with Crippen LogP contribution in [0.3, 0.4) is 0 Å². The second kappa shape index (κ2) is 22.2. The Kier molecular flexibility index (Phi) is 21.8. The number of esters is 1. The van der Waals surface area contributed by atoms with Crippen molar-refractivity contribution in [2.24, 2.45) is 5.92 Å². The minimum absolute atomic E-state index is 0.0517. The monoisotopic (exact) mass is 410 g/mol. The summed E-state index contributed by atoms with van der Waals surface area (Å²) in [5.74, 6) is 0.848. The fourth-order valence-electron chi connectivity index (χ4n) is 3.99. The zero-order valence-electron chi connectivity index (χ0n) is 20.6. The fraction of sp³-hybridized carbons (Fsp3) is 0.963. The molecule has 0 rings (SSSR count). The Morgan fingerprint density at radius 2 is 1.00 bits per heavy atom. The molecule has 0 aromatic carbocycles. The molecule has 0 aromatic heterocycles. The predicted molar refractivity (Wildman–Crippen MR) is 128 cm³/mol. The first kappa shape index (κ1) is 28.5. The number of ether oxygens (including phenoxy) is 1. The molecule has 0 saturated carbocycles. The van der Waals surface area contributed by atoms with E-state index in [2.05, 4.69) is 27.7 Å². The topological polar surface area (TPSA) is 26.3 Å². The van der Waals surface area contributed by atoms with Gasteiger partial charge in [-0.25, -0.2) is 0 Å². The van der Waals surface area contributed by atoms with Crippen LogP contribution in [-0.2, 0) is 9.53 Å². The van der Waals surface area contributed by atoms with Gasteiger partial charge >= 0.3 is 5.97 Å². The van der Waals surface area contributed by atoms with Crippen molar-refractivity contribution >= 4 is 5.97 Å². The summed E-state index contributed by atoms with van der Waals surface area (Å²) in [5.41, 5.74) is 0. The molecule has 0 saturated heterocycles. The van der Waals surface area contributed by atoms with Gasteiger partial charge in [0.1, 0.15) is 6.10 Å². The van der Waals surface area contributed by atoms with Crippen molar-refractivity contribution in [3.63, 3.8) is 0 Å². The predicted octanol–water partition coefficient (Wildman–Crippen LogP) is 9.40. The highest BCUT2D eigenvalue weighted by atomic mass is 16.5. The number of hydrogen-bond donors (Lipinski definition) is 0. The molecule has 2 nitrogen and oxygen atoms in total. The molecule has 29 heavy (non-hydrogen) atoms. The first-order valence-electron chi connectivity index (χ1n) is 13.3. The van der Waals surface area contributed by atoms with E-state index in [1.165, 1.54) is 103 Å². The zero-order chi connectivity index (χ0) is 21.6. The third kappa shape index (κ3) is 22.0. The summed E-state index contributed by atoms with van der Waals surface area (Å²) >= 11 is 0. The first-order valence-corrected chi connectivity index (χ1v) is 13.3. The number of carbonyl (C=O) groups is 1. The second-order valence-corrected chi connectivity index (χ2v) is 9.57. The summed E-state index contributed by atoms with van der Waals surface area (Å²) in [5, 5.41) is 0. The van der Waals surface area contributed by atoms with Gasteiger partial charge in [-0.05, 0) is 38.0 Å². The quantitative estimate of drug-likeness (QED) is 0.131. The molecule has 0 radical (unpaired) electrons. The van der Waals surface area contributed by atoms with E-state index in [-0.39, 0.29) is 12.1 Å². The number of unbranched alkanes of at least 4 members (excludes halogenated alkanes) is 13. The molecule has 0 aliphatic heterocycles. The number of hydrogen-bond acceptors (Lipinski definition) is 2. The molecule has 0 aliphatic carbocycles. The van der Waals surface area contributed by atoms with Gasteiger partial charge < -0.3 is 4.74 Å². The molecule has 0 amide bonds. The van der Waals surface area contributed by atoms with Crippen molar-refractivity contribution in [1.29, 1.82) is 0 Å². The first-order chi connectivity index (χ1) is 14.1. The molecule has 0 aliphatic rings. The Balaban J connectivity index is 4.01. The van der Waals surface area contributed by atoms with Gasteiger partial charge in [0.05, 0.1) is 0 Å². The van der Waals surface area contributed by atoms with E-state index in [9.17, 15) is 4.79 Å². The van der Waals surface area contributed by atoms with Crippen LogP contribution in [0.2, 0.25) is 0 Å². The number of carbonyl (C=O) groups excluding carboxylic acids is 1. The average Bonchev–Trinajstić information content (AvgIpc) is 2.69. The average molecular weight is 411 g/mol. The van der Waals surface area contributed by atoms with Gasteiger partial charge in [-0.1, -0.05) is 118 Å². The van der Waals surface area contributed by atoms with Crippen LogP contribution in [-0.4, -0.2) is 12.1 Å². The molecule has 2 heteroatoms. The van der Waals surface area contributed by atoms with E-state index in [4.69, 9.17) is 4.74 Å². The van der Waals surface area contributed by atoms with Gasteiger partial charge in [0.2, 0.25) is 0 Å². The fourth-order valence-corrected chi connectivity index (χ4v) is 3.99. The summed E-state index contributed by atoms with van der Waals surface area (Å²) in [6.45, 7) is 9.09. The van der Waals surface area contributed by atoms with Crippen LogP contribution in [0.1, 0.15) is 156 Å². The summed E-state index contributed by atoms with van der Waals surface area (Å²) in [4.78, 5) is 12.3. The Hall–Kier alpha value is -0.530. The van der Waals surface area contributed by atoms with Gasteiger partial charge in [-0.2, -0.15) is 0 Å². The minimum Gasteiger partial charge on any atom is -0.462 e. The number of rotatable bonds is 22. The maximum absolute atomic E-state index is 12.3. The van der Waals surface area contributed by atoms with Crippen molar-refractivity contribution in [3.8, 4) is 0 Å². The van der Waals surface area contributed by atoms with E-state index in [0.717, 1.165) is 25.2 Å². The molecule has 0 unspecified atom stereocenters. The Labute approximate surface area is 184 Å². The minimum atomic E-state index is 0.0517. The Bertz CT molecular complexity index is 321. The van der Waals surface area contributed by atoms with Crippen molar-refractivity contribution in [1.82, 2.24) is 0 Å². The Morgan fingerprint density at radius 3 is 1.48 bits per heavy atom. The lowest BCUT2D eigenvalue weighted by Crippen LogP contribution is -2.18. The molecule has 0 heterocycles. The van der Waals surface area contributed by atoms with Crippen molar-refractivity contribution in [2.45, 2.75) is 162 Å². The van der Waals surface area contributed by atoms with Crippen LogP contribution >= 0.6 is 0 Å². The van der Waals surface area contributed by atoms with E-state index < -0.39 is 0 Å². The zero-order valence-corrected chi connectivity index (χ0v) is 20.6. The molecule has 0 atom stereocenters. The molecule has 0 fully saturated rings. The van der Waals surface area contributed by atoms with Gasteiger partial charge in [-0.15, -0.1) is 0 Å². The molecular formula is C27H54O2. The van der Waals surface area contributed by atoms with Gasteiger partial charge in [-0.3, -0.25) is 4.79 Å². The second-order valence-electron chi connectivity index (χ2n) is 9.57. The normalized spacial score (nSPS) is 11.5. The van der Waals surface area contributed by atoms with E-state index in [0.29, 0.717) is 6.42 Å². The summed E-state index contributed by atoms with van der Waals surface area (Å²) in [6, 6.07) is 0. The maximum Gasteiger partial charge on any atom is 0.306 e. The van der Waals surface area contributed by atoms with Crippen LogP contribution in [0.5, 0.6) is 0 Å². The molecule has 0 bridgehead atoms. The molecular weight excluding hydrogens is 356 g/mol. The molecule has 0 spiro atoms. The van der Waals surface area contributed by atoms with Crippen molar-refractivity contribution in [3.05, 3.63) is 0 Å². The largest absolute Gasteiger partial charge is 0.462 e. The standard InChI is InChI=1S/C27H54O2/c1-5-7-9-11-13-18-22-26(23-19-14-12-10-8-6-2)29-27(28)24-20-16-15-17-21-25(3)4/h25-26H,5-24H2,1-4H3.